The molecule has 96 valence electrons. The van der Waals surface area contributed by atoms with Crippen LogP contribution in [0.5, 0.6) is 5.75 Å². The van der Waals surface area contributed by atoms with Gasteiger partial charge in [0.25, 0.3) is 0 Å². The Bertz CT molecular complexity index is 461. The van der Waals surface area contributed by atoms with Crippen molar-refractivity contribution in [2.75, 3.05) is 13.1 Å². The maximum Gasteiger partial charge on any atom is 0.407 e. The minimum absolute atomic E-state index is 0.0303. The van der Waals surface area contributed by atoms with E-state index in [2.05, 4.69) is 11.6 Å². The monoisotopic (exact) mass is 248 g/mol. The van der Waals surface area contributed by atoms with Gasteiger partial charge in [-0.05, 0) is 19.1 Å². The first-order chi connectivity index (χ1) is 8.63. The molecular formula is C13H16N2O3. The summed E-state index contributed by atoms with van der Waals surface area (Å²) >= 11 is 0. The van der Waals surface area contributed by atoms with Crippen LogP contribution in [-0.2, 0) is 0 Å². The number of rotatable bonds is 4. The van der Waals surface area contributed by atoms with Gasteiger partial charge in [-0.1, -0.05) is 6.08 Å². The summed E-state index contributed by atoms with van der Waals surface area (Å²) in [5, 5.41) is 9.12. The van der Waals surface area contributed by atoms with Crippen LogP contribution < -0.4 is 4.74 Å². The predicted octanol–water partition coefficient (Wildman–Crippen LogP) is 2.11. The normalized spacial score (nSPS) is 20.9. The summed E-state index contributed by atoms with van der Waals surface area (Å²) in [7, 11) is 0. The number of aromatic nitrogens is 1. The van der Waals surface area contributed by atoms with E-state index in [1.54, 1.807) is 12.3 Å². The van der Waals surface area contributed by atoms with Gasteiger partial charge in [0.05, 0.1) is 11.6 Å². The van der Waals surface area contributed by atoms with Crippen molar-refractivity contribution in [2.24, 2.45) is 0 Å². The van der Waals surface area contributed by atoms with Crippen LogP contribution in [0.3, 0.4) is 0 Å². The molecule has 0 spiro atoms. The van der Waals surface area contributed by atoms with E-state index in [-0.39, 0.29) is 12.0 Å². The fraction of sp³-hybridized carbons (Fsp3) is 0.385. The molecule has 18 heavy (non-hydrogen) atoms. The molecule has 2 atom stereocenters. The standard InChI is InChI=1S/C13H16N2O3/c1-3-7-15(13(16)17)8-10-9(2)18-11-5-4-6-14-12(10)11/h3-6,9-10H,1,7-8H2,2H3,(H,16,17)/t9-,10-/m1/s1. The molecule has 1 aromatic rings. The second-order valence-electron chi connectivity index (χ2n) is 4.29. The van der Waals surface area contributed by atoms with E-state index in [9.17, 15) is 4.79 Å². The van der Waals surface area contributed by atoms with Gasteiger partial charge in [0.1, 0.15) is 11.9 Å². The van der Waals surface area contributed by atoms with Gasteiger partial charge in [0, 0.05) is 19.3 Å². The average molecular weight is 248 g/mol. The lowest BCUT2D eigenvalue weighted by molar-refractivity contribution is 0.137. The van der Waals surface area contributed by atoms with Crippen LogP contribution in [0, 0.1) is 0 Å². The topological polar surface area (TPSA) is 62.7 Å². The van der Waals surface area contributed by atoms with Gasteiger partial charge < -0.3 is 14.7 Å². The maximum absolute atomic E-state index is 11.1. The number of amides is 1. The number of carbonyl (C=O) groups is 1. The van der Waals surface area contributed by atoms with Crippen LogP contribution >= 0.6 is 0 Å². The summed E-state index contributed by atoms with van der Waals surface area (Å²) in [6.45, 7) is 6.17. The number of hydrogen-bond acceptors (Lipinski definition) is 3. The van der Waals surface area contributed by atoms with E-state index < -0.39 is 6.09 Å². The Balaban J connectivity index is 2.18. The Morgan fingerprint density at radius 1 is 1.72 bits per heavy atom. The molecular weight excluding hydrogens is 232 g/mol. The molecule has 0 saturated heterocycles. The van der Waals surface area contributed by atoms with Crippen molar-refractivity contribution in [3.63, 3.8) is 0 Å². The largest absolute Gasteiger partial charge is 0.488 e. The molecule has 0 aromatic carbocycles. The molecule has 1 aliphatic heterocycles. The number of carboxylic acid groups (broad SMARTS) is 1. The van der Waals surface area contributed by atoms with Crippen molar-refractivity contribution < 1.29 is 14.6 Å². The summed E-state index contributed by atoms with van der Waals surface area (Å²) in [6, 6.07) is 3.67. The fourth-order valence-electron chi connectivity index (χ4n) is 2.14. The van der Waals surface area contributed by atoms with Gasteiger partial charge in [-0.25, -0.2) is 4.79 Å². The molecule has 2 rings (SSSR count). The van der Waals surface area contributed by atoms with Crippen LogP contribution in [0.15, 0.2) is 31.0 Å². The van der Waals surface area contributed by atoms with Crippen molar-refractivity contribution in [1.82, 2.24) is 9.88 Å². The lowest BCUT2D eigenvalue weighted by Crippen LogP contribution is -2.36. The number of fused-ring (bicyclic) bond motifs is 1. The minimum atomic E-state index is -0.952. The third-order valence-electron chi connectivity index (χ3n) is 3.07. The van der Waals surface area contributed by atoms with Gasteiger partial charge in [0.2, 0.25) is 0 Å². The summed E-state index contributed by atoms with van der Waals surface area (Å²) in [5.41, 5.74) is 0.834. The van der Waals surface area contributed by atoms with Gasteiger partial charge in [-0.2, -0.15) is 0 Å². The van der Waals surface area contributed by atoms with Gasteiger partial charge in [-0.3, -0.25) is 4.98 Å². The highest BCUT2D eigenvalue weighted by atomic mass is 16.5. The van der Waals surface area contributed by atoms with Gasteiger partial charge in [-0.15, -0.1) is 6.58 Å². The first-order valence-electron chi connectivity index (χ1n) is 5.83. The molecule has 0 unspecified atom stereocenters. The number of hydrogen-bond donors (Lipinski definition) is 1. The SMILES string of the molecule is C=CCN(C[C@H]1c2ncccc2O[C@@H]1C)C(=O)O. The Labute approximate surface area is 106 Å². The highest BCUT2D eigenvalue weighted by molar-refractivity contribution is 5.65. The average Bonchev–Trinajstić information content (AvgIpc) is 2.65. The first-order valence-corrected chi connectivity index (χ1v) is 5.83. The fourth-order valence-corrected chi connectivity index (χ4v) is 2.14. The van der Waals surface area contributed by atoms with Crippen LogP contribution in [0.25, 0.3) is 0 Å². The molecule has 1 amide bonds. The molecule has 0 radical (unpaired) electrons. The lowest BCUT2D eigenvalue weighted by atomic mass is 10.0. The molecule has 0 aliphatic carbocycles. The Morgan fingerprint density at radius 2 is 2.50 bits per heavy atom. The second kappa shape index (κ2) is 5.08. The molecule has 2 heterocycles. The third-order valence-corrected chi connectivity index (χ3v) is 3.07. The lowest BCUT2D eigenvalue weighted by Gasteiger charge is -2.22. The summed E-state index contributed by atoms with van der Waals surface area (Å²) in [5.74, 6) is 0.719. The maximum atomic E-state index is 11.1. The molecule has 5 nitrogen and oxygen atoms in total. The highest BCUT2D eigenvalue weighted by Crippen LogP contribution is 2.36. The second-order valence-corrected chi connectivity index (χ2v) is 4.29. The highest BCUT2D eigenvalue weighted by Gasteiger charge is 2.34. The molecule has 0 fully saturated rings. The summed E-state index contributed by atoms with van der Waals surface area (Å²) < 4.78 is 5.67. The molecule has 1 N–H and O–H groups in total. The summed E-state index contributed by atoms with van der Waals surface area (Å²) in [4.78, 5) is 16.7. The van der Waals surface area contributed by atoms with E-state index in [0.717, 1.165) is 11.4 Å². The first kappa shape index (κ1) is 12.4. The number of ether oxygens (including phenoxy) is 1. The van der Waals surface area contributed by atoms with E-state index >= 15 is 0 Å². The van der Waals surface area contributed by atoms with E-state index in [4.69, 9.17) is 9.84 Å². The van der Waals surface area contributed by atoms with Crippen molar-refractivity contribution in [3.05, 3.63) is 36.7 Å². The third kappa shape index (κ3) is 2.30. The molecule has 5 heteroatoms. The minimum Gasteiger partial charge on any atom is -0.488 e. The zero-order valence-corrected chi connectivity index (χ0v) is 10.2. The van der Waals surface area contributed by atoms with Crippen molar-refractivity contribution >= 4 is 6.09 Å². The van der Waals surface area contributed by atoms with Crippen LogP contribution in [0.2, 0.25) is 0 Å². The molecule has 1 aromatic heterocycles. The van der Waals surface area contributed by atoms with Crippen LogP contribution in [0.1, 0.15) is 18.5 Å². The Hall–Kier alpha value is -2.04. The Morgan fingerprint density at radius 3 is 3.17 bits per heavy atom. The van der Waals surface area contributed by atoms with Crippen molar-refractivity contribution in [3.8, 4) is 5.75 Å². The van der Waals surface area contributed by atoms with Crippen LogP contribution in [0.4, 0.5) is 4.79 Å². The van der Waals surface area contributed by atoms with Gasteiger partial charge >= 0.3 is 6.09 Å². The quantitative estimate of drug-likeness (QED) is 0.829. The molecule has 0 bridgehead atoms. The summed E-state index contributed by atoms with van der Waals surface area (Å²) in [6.07, 6.45) is 2.26. The van der Waals surface area contributed by atoms with E-state index in [1.165, 1.54) is 4.90 Å². The predicted molar refractivity (Wildman–Crippen MR) is 66.9 cm³/mol. The number of pyridine rings is 1. The zero-order valence-electron chi connectivity index (χ0n) is 10.2. The van der Waals surface area contributed by atoms with E-state index in [1.807, 2.05) is 19.1 Å². The smallest absolute Gasteiger partial charge is 0.407 e. The number of nitrogens with zero attached hydrogens (tertiary/aromatic N) is 2. The van der Waals surface area contributed by atoms with Crippen LogP contribution in [-0.4, -0.2) is 40.3 Å². The van der Waals surface area contributed by atoms with Gasteiger partial charge in [0.15, 0.2) is 0 Å². The Kier molecular flexibility index (Phi) is 3.50. The van der Waals surface area contributed by atoms with Crippen molar-refractivity contribution in [2.45, 2.75) is 18.9 Å². The molecule has 1 aliphatic rings. The van der Waals surface area contributed by atoms with E-state index in [0.29, 0.717) is 13.1 Å². The molecule has 0 saturated carbocycles. The van der Waals surface area contributed by atoms with Crippen molar-refractivity contribution in [1.29, 1.82) is 0 Å². The zero-order chi connectivity index (χ0) is 13.1.